The molecule has 2 fully saturated rings. The molecule has 170 valence electrons. The minimum absolute atomic E-state index is 0.0609. The smallest absolute Gasteiger partial charge is 0.326 e. The number of nitrogens with zero attached hydrogens (tertiary/aromatic N) is 1. The van der Waals surface area contributed by atoms with Gasteiger partial charge >= 0.3 is 11.9 Å². The zero-order chi connectivity index (χ0) is 22.5. The van der Waals surface area contributed by atoms with Gasteiger partial charge in [-0.1, -0.05) is 25.0 Å². The van der Waals surface area contributed by atoms with Crippen molar-refractivity contribution < 1.29 is 29.3 Å². The Bertz CT molecular complexity index is 796. The van der Waals surface area contributed by atoms with E-state index in [0.717, 1.165) is 37.0 Å². The Balaban J connectivity index is 1.64. The summed E-state index contributed by atoms with van der Waals surface area (Å²) < 4.78 is 5.13. The second-order valence-corrected chi connectivity index (χ2v) is 8.61. The van der Waals surface area contributed by atoms with Crippen molar-refractivity contribution in [2.75, 3.05) is 7.11 Å². The molecule has 1 saturated carbocycles. The maximum atomic E-state index is 13.2. The first-order valence-electron chi connectivity index (χ1n) is 11.0. The van der Waals surface area contributed by atoms with E-state index < -0.39 is 30.1 Å². The van der Waals surface area contributed by atoms with Gasteiger partial charge in [0.25, 0.3) is 0 Å². The van der Waals surface area contributed by atoms with E-state index in [-0.39, 0.29) is 17.9 Å². The van der Waals surface area contributed by atoms with Crippen molar-refractivity contribution in [3.63, 3.8) is 0 Å². The van der Waals surface area contributed by atoms with Crippen LogP contribution in [0.3, 0.4) is 0 Å². The van der Waals surface area contributed by atoms with E-state index in [1.165, 1.54) is 4.90 Å². The van der Waals surface area contributed by atoms with Crippen LogP contribution in [0.5, 0.6) is 5.75 Å². The van der Waals surface area contributed by atoms with Crippen molar-refractivity contribution >= 4 is 17.8 Å². The van der Waals surface area contributed by atoms with Crippen LogP contribution < -0.4 is 10.1 Å². The van der Waals surface area contributed by atoms with Gasteiger partial charge in [-0.25, -0.2) is 4.79 Å². The number of nitrogens with one attached hydrogen (secondary N) is 1. The van der Waals surface area contributed by atoms with Gasteiger partial charge in [0.15, 0.2) is 0 Å². The van der Waals surface area contributed by atoms with Crippen LogP contribution in [-0.2, 0) is 20.8 Å². The van der Waals surface area contributed by atoms with Gasteiger partial charge < -0.3 is 19.8 Å². The van der Waals surface area contributed by atoms with Crippen LogP contribution in [0.1, 0.15) is 51.0 Å². The van der Waals surface area contributed by atoms with Crippen LogP contribution in [0.15, 0.2) is 24.3 Å². The molecule has 1 saturated heterocycles. The van der Waals surface area contributed by atoms with Crippen molar-refractivity contribution in [2.24, 2.45) is 5.92 Å². The molecule has 1 aliphatic carbocycles. The Morgan fingerprint density at radius 2 is 1.84 bits per heavy atom. The second-order valence-electron chi connectivity index (χ2n) is 8.61. The summed E-state index contributed by atoms with van der Waals surface area (Å²) in [5, 5.41) is 22.2. The van der Waals surface area contributed by atoms with Gasteiger partial charge in [0.05, 0.1) is 13.2 Å². The number of rotatable bonds is 9. The fourth-order valence-electron chi connectivity index (χ4n) is 4.98. The number of aryl methyl sites for hydroxylation is 1. The van der Waals surface area contributed by atoms with E-state index in [2.05, 4.69) is 5.32 Å². The number of ether oxygens (including phenoxy) is 1. The van der Waals surface area contributed by atoms with Gasteiger partial charge in [0, 0.05) is 6.04 Å². The molecule has 8 heteroatoms. The molecule has 1 heterocycles. The molecule has 0 bridgehead atoms. The molecule has 1 aliphatic heterocycles. The minimum Gasteiger partial charge on any atom is -0.497 e. The maximum absolute atomic E-state index is 13.2. The Hall–Kier alpha value is -2.61. The standard InChI is InChI=1S/C23H32N2O6/c1-14(21(26)25-19-6-4-3-5-16(19)13-20(25)23(29)30)24-18(22(27)28)12-9-15-7-10-17(31-2)11-8-15/h7-8,10-11,14,16,18-20,24H,3-6,9,12-13H2,1-2H3,(H,27,28)(H,29,30)/t14-,16+,18-,19-,20-/m0/s1. The summed E-state index contributed by atoms with van der Waals surface area (Å²) in [5.41, 5.74) is 0.975. The lowest BCUT2D eigenvalue weighted by Gasteiger charge is -2.35. The number of carboxylic acids is 2. The van der Waals surface area contributed by atoms with Crippen molar-refractivity contribution in [1.29, 1.82) is 0 Å². The monoisotopic (exact) mass is 432 g/mol. The summed E-state index contributed by atoms with van der Waals surface area (Å²) in [6.07, 6.45) is 5.13. The van der Waals surface area contributed by atoms with Crippen LogP contribution in [0.4, 0.5) is 0 Å². The number of hydrogen-bond acceptors (Lipinski definition) is 5. The fourth-order valence-corrected chi connectivity index (χ4v) is 4.98. The molecule has 1 aromatic rings. The van der Waals surface area contributed by atoms with E-state index >= 15 is 0 Å². The second kappa shape index (κ2) is 10.1. The predicted octanol–water partition coefficient (Wildman–Crippen LogP) is 2.30. The number of amides is 1. The SMILES string of the molecule is COc1ccc(CC[C@H](N[C@@H](C)C(=O)N2[C@H](C(=O)O)C[C@H]3CCCC[C@@H]32)C(=O)O)cc1. The minimum atomic E-state index is -1.03. The number of benzene rings is 1. The number of methoxy groups -OCH3 is 1. The molecule has 3 N–H and O–H groups in total. The lowest BCUT2D eigenvalue weighted by molar-refractivity contribution is -0.151. The van der Waals surface area contributed by atoms with Gasteiger partial charge in [0.2, 0.25) is 5.91 Å². The Kier molecular flexibility index (Phi) is 7.54. The molecule has 1 amide bonds. The molecule has 0 aromatic heterocycles. The molecule has 0 spiro atoms. The Labute approximate surface area is 182 Å². The Morgan fingerprint density at radius 1 is 1.16 bits per heavy atom. The molecule has 0 unspecified atom stereocenters. The lowest BCUT2D eigenvalue weighted by atomic mass is 9.84. The molecule has 1 aromatic carbocycles. The zero-order valence-electron chi connectivity index (χ0n) is 18.1. The van der Waals surface area contributed by atoms with Gasteiger partial charge in [-0.2, -0.15) is 0 Å². The number of hydrogen-bond donors (Lipinski definition) is 3. The quantitative estimate of drug-likeness (QED) is 0.548. The van der Waals surface area contributed by atoms with Crippen LogP contribution in [0, 0.1) is 5.92 Å². The first-order valence-corrected chi connectivity index (χ1v) is 11.0. The average Bonchev–Trinajstić information content (AvgIpc) is 3.16. The zero-order valence-corrected chi connectivity index (χ0v) is 18.1. The topological polar surface area (TPSA) is 116 Å². The van der Waals surface area contributed by atoms with Gasteiger partial charge in [-0.3, -0.25) is 14.9 Å². The third kappa shape index (κ3) is 5.36. The van der Waals surface area contributed by atoms with Gasteiger partial charge in [-0.05, 0) is 62.6 Å². The highest BCUT2D eigenvalue weighted by molar-refractivity contribution is 5.88. The van der Waals surface area contributed by atoms with Crippen LogP contribution in [0.2, 0.25) is 0 Å². The van der Waals surface area contributed by atoms with Gasteiger partial charge in [0.1, 0.15) is 17.8 Å². The normalized spacial score (nSPS) is 24.8. The largest absolute Gasteiger partial charge is 0.497 e. The molecule has 3 rings (SSSR count). The maximum Gasteiger partial charge on any atom is 0.326 e. The molecular weight excluding hydrogens is 400 g/mol. The highest BCUT2D eigenvalue weighted by Gasteiger charge is 2.48. The summed E-state index contributed by atoms with van der Waals surface area (Å²) in [4.78, 5) is 38.3. The first kappa shape index (κ1) is 23.1. The average molecular weight is 433 g/mol. The van der Waals surface area contributed by atoms with Gasteiger partial charge in [-0.15, -0.1) is 0 Å². The summed E-state index contributed by atoms with van der Waals surface area (Å²) in [6.45, 7) is 1.63. The molecular formula is C23H32N2O6. The molecule has 2 aliphatic rings. The third-order valence-electron chi connectivity index (χ3n) is 6.63. The summed E-state index contributed by atoms with van der Waals surface area (Å²) in [6, 6.07) is 4.85. The van der Waals surface area contributed by atoms with Crippen molar-refractivity contribution in [3.8, 4) is 5.75 Å². The number of carbonyl (C=O) groups excluding carboxylic acids is 1. The van der Waals surface area contributed by atoms with Crippen LogP contribution in [0.25, 0.3) is 0 Å². The van der Waals surface area contributed by atoms with Crippen LogP contribution in [-0.4, -0.2) is 64.2 Å². The summed E-state index contributed by atoms with van der Waals surface area (Å²) in [5.74, 6) is -1.38. The van der Waals surface area contributed by atoms with Crippen molar-refractivity contribution in [1.82, 2.24) is 10.2 Å². The number of carboxylic acid groups (broad SMARTS) is 2. The lowest BCUT2D eigenvalue weighted by Crippen LogP contribution is -2.55. The van der Waals surface area contributed by atoms with E-state index in [9.17, 15) is 24.6 Å². The highest BCUT2D eigenvalue weighted by Crippen LogP contribution is 2.40. The van der Waals surface area contributed by atoms with E-state index in [1.54, 1.807) is 14.0 Å². The van der Waals surface area contributed by atoms with E-state index in [1.807, 2.05) is 24.3 Å². The number of carbonyl (C=O) groups is 3. The van der Waals surface area contributed by atoms with E-state index in [4.69, 9.17) is 4.74 Å². The molecule has 8 nitrogen and oxygen atoms in total. The summed E-state index contributed by atoms with van der Waals surface area (Å²) >= 11 is 0. The summed E-state index contributed by atoms with van der Waals surface area (Å²) in [7, 11) is 1.59. The van der Waals surface area contributed by atoms with Crippen molar-refractivity contribution in [2.45, 2.75) is 76.0 Å². The fraction of sp³-hybridized carbons (Fsp3) is 0.609. The van der Waals surface area contributed by atoms with E-state index in [0.29, 0.717) is 19.3 Å². The molecule has 31 heavy (non-hydrogen) atoms. The molecule has 0 radical (unpaired) electrons. The van der Waals surface area contributed by atoms with Crippen LogP contribution >= 0.6 is 0 Å². The predicted molar refractivity (Wildman–Crippen MR) is 114 cm³/mol. The number of fused-ring (bicyclic) bond motifs is 1. The first-order chi connectivity index (χ1) is 14.8. The number of aliphatic carboxylic acids is 2. The third-order valence-corrected chi connectivity index (χ3v) is 6.63. The van der Waals surface area contributed by atoms with Crippen molar-refractivity contribution in [3.05, 3.63) is 29.8 Å². The Morgan fingerprint density at radius 3 is 2.45 bits per heavy atom. The number of likely N-dealkylation sites (tertiary alicyclic amines) is 1. The highest BCUT2D eigenvalue weighted by atomic mass is 16.5. The molecule has 5 atom stereocenters.